The highest BCUT2D eigenvalue weighted by Crippen LogP contribution is 2.21. The van der Waals surface area contributed by atoms with Gasteiger partial charge >= 0.3 is 0 Å². The van der Waals surface area contributed by atoms with Gasteiger partial charge in [-0.2, -0.15) is 0 Å². The second-order valence-electron chi connectivity index (χ2n) is 5.15. The number of aromatic nitrogens is 4. The van der Waals surface area contributed by atoms with Crippen molar-refractivity contribution in [3.63, 3.8) is 0 Å². The lowest BCUT2D eigenvalue weighted by Gasteiger charge is -2.12. The van der Waals surface area contributed by atoms with Crippen molar-refractivity contribution in [2.45, 2.75) is 37.9 Å². The molecule has 2 aromatic rings. The first kappa shape index (κ1) is 16.5. The Balaban J connectivity index is 1.95. The van der Waals surface area contributed by atoms with Crippen LogP contribution in [0.25, 0.3) is 11.4 Å². The SMILES string of the molecule is CCC[C@@H](C)NC(=O)CSc1nnc(-c2ccncc2)n1C. The van der Waals surface area contributed by atoms with E-state index in [0.29, 0.717) is 5.75 Å². The van der Waals surface area contributed by atoms with Gasteiger partial charge in [-0.25, -0.2) is 0 Å². The summed E-state index contributed by atoms with van der Waals surface area (Å²) in [6.45, 7) is 4.13. The summed E-state index contributed by atoms with van der Waals surface area (Å²) in [5.74, 6) is 1.14. The van der Waals surface area contributed by atoms with E-state index in [-0.39, 0.29) is 11.9 Å². The fourth-order valence-corrected chi connectivity index (χ4v) is 2.87. The van der Waals surface area contributed by atoms with Crippen molar-refractivity contribution >= 4 is 17.7 Å². The van der Waals surface area contributed by atoms with Gasteiger partial charge in [-0.05, 0) is 25.5 Å². The van der Waals surface area contributed by atoms with E-state index >= 15 is 0 Å². The molecule has 0 saturated carbocycles. The van der Waals surface area contributed by atoms with Gasteiger partial charge in [-0.15, -0.1) is 10.2 Å². The predicted molar refractivity (Wildman–Crippen MR) is 87.5 cm³/mol. The maximum Gasteiger partial charge on any atom is 0.230 e. The molecule has 22 heavy (non-hydrogen) atoms. The quantitative estimate of drug-likeness (QED) is 0.793. The highest BCUT2D eigenvalue weighted by Gasteiger charge is 2.13. The summed E-state index contributed by atoms with van der Waals surface area (Å²) in [7, 11) is 1.90. The van der Waals surface area contributed by atoms with E-state index in [1.54, 1.807) is 12.4 Å². The molecule has 1 atom stereocenters. The summed E-state index contributed by atoms with van der Waals surface area (Å²) in [4.78, 5) is 15.9. The van der Waals surface area contributed by atoms with E-state index in [9.17, 15) is 4.79 Å². The zero-order valence-corrected chi connectivity index (χ0v) is 13.9. The van der Waals surface area contributed by atoms with Crippen LogP contribution in [0.2, 0.25) is 0 Å². The summed E-state index contributed by atoms with van der Waals surface area (Å²) < 4.78 is 1.89. The highest BCUT2D eigenvalue weighted by molar-refractivity contribution is 7.99. The molecule has 2 aromatic heterocycles. The van der Waals surface area contributed by atoms with E-state index in [2.05, 4.69) is 27.4 Å². The Hall–Kier alpha value is -1.89. The maximum atomic E-state index is 11.9. The number of amides is 1. The van der Waals surface area contributed by atoms with Crippen molar-refractivity contribution in [2.24, 2.45) is 7.05 Å². The van der Waals surface area contributed by atoms with E-state index < -0.39 is 0 Å². The molecule has 1 N–H and O–H groups in total. The molecule has 6 nitrogen and oxygen atoms in total. The Morgan fingerprint density at radius 2 is 2.09 bits per heavy atom. The number of carbonyl (C=O) groups is 1. The molecule has 0 aliphatic carbocycles. The van der Waals surface area contributed by atoms with Crippen molar-refractivity contribution in [3.05, 3.63) is 24.5 Å². The van der Waals surface area contributed by atoms with E-state index in [1.807, 2.05) is 30.7 Å². The Kier molecular flexibility index (Phi) is 5.94. The monoisotopic (exact) mass is 319 g/mol. The summed E-state index contributed by atoms with van der Waals surface area (Å²) in [5.41, 5.74) is 0.956. The standard InChI is InChI=1S/C15H21N5OS/c1-4-5-11(2)17-13(21)10-22-15-19-18-14(20(15)3)12-6-8-16-9-7-12/h6-9,11H,4-5,10H2,1-3H3,(H,17,21)/t11-/m1/s1. The lowest BCUT2D eigenvalue weighted by Crippen LogP contribution is -2.33. The average Bonchev–Trinajstić information content (AvgIpc) is 2.87. The average molecular weight is 319 g/mol. The van der Waals surface area contributed by atoms with Gasteiger partial charge in [-0.1, -0.05) is 25.1 Å². The first-order valence-corrected chi connectivity index (χ1v) is 8.32. The van der Waals surface area contributed by atoms with Crippen molar-refractivity contribution in [1.29, 1.82) is 0 Å². The van der Waals surface area contributed by atoms with Crippen molar-refractivity contribution < 1.29 is 4.79 Å². The topological polar surface area (TPSA) is 72.7 Å². The minimum absolute atomic E-state index is 0.0272. The molecule has 1 amide bonds. The lowest BCUT2D eigenvalue weighted by molar-refractivity contribution is -0.119. The van der Waals surface area contributed by atoms with E-state index in [4.69, 9.17) is 0 Å². The Morgan fingerprint density at radius 3 is 2.77 bits per heavy atom. The number of carbonyl (C=O) groups excluding carboxylic acids is 1. The van der Waals surface area contributed by atoms with Crippen molar-refractivity contribution in [2.75, 3.05) is 5.75 Å². The van der Waals surface area contributed by atoms with Crippen molar-refractivity contribution in [3.8, 4) is 11.4 Å². The molecule has 0 spiro atoms. The normalized spacial score (nSPS) is 12.1. The smallest absolute Gasteiger partial charge is 0.230 e. The molecule has 0 aliphatic heterocycles. The van der Waals surface area contributed by atoms with Gasteiger partial charge in [-0.3, -0.25) is 9.78 Å². The molecule has 0 aliphatic rings. The largest absolute Gasteiger partial charge is 0.353 e. The van der Waals surface area contributed by atoms with Crippen LogP contribution >= 0.6 is 11.8 Å². The Morgan fingerprint density at radius 1 is 1.36 bits per heavy atom. The highest BCUT2D eigenvalue weighted by atomic mass is 32.2. The number of nitrogens with one attached hydrogen (secondary N) is 1. The van der Waals surface area contributed by atoms with Crippen LogP contribution in [0, 0.1) is 0 Å². The number of thioether (sulfide) groups is 1. The Bertz CT molecular complexity index is 614. The molecule has 2 rings (SSSR count). The first-order valence-electron chi connectivity index (χ1n) is 7.33. The molecule has 0 aromatic carbocycles. The minimum Gasteiger partial charge on any atom is -0.353 e. The molecule has 118 valence electrons. The van der Waals surface area contributed by atoms with Crippen LogP contribution in [-0.4, -0.2) is 37.5 Å². The third kappa shape index (κ3) is 4.30. The molecule has 7 heteroatoms. The van der Waals surface area contributed by atoms with Gasteiger partial charge in [0.15, 0.2) is 11.0 Å². The zero-order valence-electron chi connectivity index (χ0n) is 13.1. The third-order valence-electron chi connectivity index (χ3n) is 3.23. The van der Waals surface area contributed by atoms with E-state index in [0.717, 1.165) is 29.4 Å². The molecule has 0 saturated heterocycles. The van der Waals surface area contributed by atoms with Gasteiger partial charge in [0.05, 0.1) is 5.75 Å². The van der Waals surface area contributed by atoms with Crippen LogP contribution in [0.5, 0.6) is 0 Å². The fourth-order valence-electron chi connectivity index (χ4n) is 2.14. The molecule has 0 bridgehead atoms. The fraction of sp³-hybridized carbons (Fsp3) is 0.467. The molecular weight excluding hydrogens is 298 g/mol. The molecule has 0 fully saturated rings. The summed E-state index contributed by atoms with van der Waals surface area (Å²) in [6, 6.07) is 3.99. The predicted octanol–water partition coefficient (Wildman–Crippen LogP) is 2.27. The number of rotatable bonds is 7. The second kappa shape index (κ2) is 7.93. The van der Waals surface area contributed by atoms with Gasteiger partial charge in [0.1, 0.15) is 0 Å². The van der Waals surface area contributed by atoms with E-state index in [1.165, 1.54) is 11.8 Å². The second-order valence-corrected chi connectivity index (χ2v) is 6.09. The lowest BCUT2D eigenvalue weighted by atomic mass is 10.2. The summed E-state index contributed by atoms with van der Waals surface area (Å²) in [6.07, 6.45) is 5.50. The van der Waals surface area contributed by atoms with Gasteiger partial charge < -0.3 is 9.88 Å². The third-order valence-corrected chi connectivity index (χ3v) is 4.26. The van der Waals surface area contributed by atoms with Crippen LogP contribution in [0.3, 0.4) is 0 Å². The zero-order chi connectivity index (χ0) is 15.9. The van der Waals surface area contributed by atoms with Gasteiger partial charge in [0, 0.05) is 31.0 Å². The molecular formula is C15H21N5OS. The maximum absolute atomic E-state index is 11.9. The van der Waals surface area contributed by atoms with Gasteiger partial charge in [0.2, 0.25) is 5.91 Å². The van der Waals surface area contributed by atoms with Crippen LogP contribution in [0.4, 0.5) is 0 Å². The number of pyridine rings is 1. The van der Waals surface area contributed by atoms with Crippen LogP contribution in [0.15, 0.2) is 29.7 Å². The number of nitrogens with zero attached hydrogens (tertiary/aromatic N) is 4. The van der Waals surface area contributed by atoms with Crippen molar-refractivity contribution in [1.82, 2.24) is 25.1 Å². The first-order chi connectivity index (χ1) is 10.6. The molecule has 2 heterocycles. The van der Waals surface area contributed by atoms with Crippen LogP contribution in [0.1, 0.15) is 26.7 Å². The van der Waals surface area contributed by atoms with Crippen LogP contribution in [-0.2, 0) is 11.8 Å². The molecule has 0 radical (unpaired) electrons. The molecule has 0 unspecified atom stereocenters. The Labute approximate surface area is 134 Å². The summed E-state index contributed by atoms with van der Waals surface area (Å²) >= 11 is 1.39. The number of hydrogen-bond acceptors (Lipinski definition) is 5. The number of hydrogen-bond donors (Lipinski definition) is 1. The van der Waals surface area contributed by atoms with Gasteiger partial charge in [0.25, 0.3) is 0 Å². The minimum atomic E-state index is 0.0272. The van der Waals surface area contributed by atoms with Crippen LogP contribution < -0.4 is 5.32 Å². The summed E-state index contributed by atoms with van der Waals surface area (Å²) in [5, 5.41) is 12.1.